The number of rotatable bonds is 5. The Balaban J connectivity index is 2.13. The number of nitrogens with one attached hydrogen (secondary N) is 1. The number of hydrogen-bond donors (Lipinski definition) is 1. The summed E-state index contributed by atoms with van der Waals surface area (Å²) in [5.41, 5.74) is 3.26. The van der Waals surface area contributed by atoms with Crippen molar-refractivity contribution < 1.29 is 4.21 Å². The molecule has 0 amide bonds. The van der Waals surface area contributed by atoms with Gasteiger partial charge in [0.2, 0.25) is 0 Å². The van der Waals surface area contributed by atoms with Gasteiger partial charge in [-0.15, -0.1) is 11.6 Å². The van der Waals surface area contributed by atoms with Gasteiger partial charge >= 0.3 is 0 Å². The number of anilines is 1. The minimum atomic E-state index is -1.21. The quantitative estimate of drug-likeness (QED) is 0.847. The first-order valence-corrected chi connectivity index (χ1v) is 8.13. The number of para-hydroxylation sites is 1. The van der Waals surface area contributed by atoms with Gasteiger partial charge in [-0.25, -0.2) is 0 Å². The summed E-state index contributed by atoms with van der Waals surface area (Å²) in [6, 6.07) is 15.6. The molecule has 2 nitrogen and oxygen atoms in total. The maximum Gasteiger partial charge on any atom is 0.117 e. The Morgan fingerprint density at radius 2 is 1.80 bits per heavy atom. The Bertz CT molecular complexity index is 598. The molecular formula is C16H18ClNOS. The summed E-state index contributed by atoms with van der Waals surface area (Å²) in [7, 11) is 0.664. The number of alkyl halides is 1. The van der Waals surface area contributed by atoms with E-state index >= 15 is 0 Å². The fourth-order valence-electron chi connectivity index (χ4n) is 2.01. The molecule has 2 aromatic rings. The molecule has 0 fully saturated rings. The lowest BCUT2D eigenvalue weighted by atomic mass is 10.1. The first-order valence-electron chi connectivity index (χ1n) is 6.49. The van der Waals surface area contributed by atoms with Crippen molar-refractivity contribution in [3.8, 4) is 0 Å². The minimum absolute atomic E-state index is 0.438. The minimum Gasteiger partial charge on any atom is -0.388 e. The monoisotopic (exact) mass is 307 g/mol. The van der Waals surface area contributed by atoms with Crippen LogP contribution in [0.1, 0.15) is 11.1 Å². The van der Waals surface area contributed by atoms with Crippen molar-refractivity contribution in [3.63, 3.8) is 0 Å². The van der Waals surface area contributed by atoms with Crippen LogP contribution in [0.3, 0.4) is 0 Å². The molecule has 0 aliphatic heterocycles. The van der Waals surface area contributed by atoms with Gasteiger partial charge in [0.15, 0.2) is 0 Å². The van der Waals surface area contributed by atoms with E-state index in [0.717, 1.165) is 21.7 Å². The van der Waals surface area contributed by atoms with E-state index in [0.29, 0.717) is 6.42 Å². The normalized spacial score (nSPS) is 13.8. The molecule has 0 aromatic heterocycles. The molecule has 0 spiro atoms. The van der Waals surface area contributed by atoms with Crippen molar-refractivity contribution in [2.45, 2.75) is 22.9 Å². The summed E-state index contributed by atoms with van der Waals surface area (Å²) in [6.07, 6.45) is 0.569. The summed E-state index contributed by atoms with van der Waals surface area (Å²) in [6.45, 7) is 2.01. The van der Waals surface area contributed by atoms with Crippen LogP contribution in [0.25, 0.3) is 0 Å². The van der Waals surface area contributed by atoms with Gasteiger partial charge < -0.3 is 5.32 Å². The molecule has 0 aliphatic carbocycles. The second kappa shape index (κ2) is 6.91. The molecule has 0 bridgehead atoms. The van der Waals surface area contributed by atoms with Gasteiger partial charge in [-0.3, -0.25) is 4.21 Å². The van der Waals surface area contributed by atoms with Crippen molar-refractivity contribution in [3.05, 3.63) is 59.7 Å². The highest BCUT2D eigenvalue weighted by Gasteiger charge is 2.17. The van der Waals surface area contributed by atoms with E-state index in [-0.39, 0.29) is 0 Å². The summed E-state index contributed by atoms with van der Waals surface area (Å²) >= 11 is 6.34. The van der Waals surface area contributed by atoms with Crippen molar-refractivity contribution in [2.24, 2.45) is 0 Å². The Kier molecular flexibility index (Phi) is 5.21. The molecule has 0 saturated carbocycles. The molecular weight excluding hydrogens is 290 g/mol. The standard InChI is InChI=1S/C16H18ClNOS/c1-12-7-9-14(10-8-12)20(19)16(17)11-13-5-3-4-6-15(13)18-2/h3-10,16,18H,11H2,1-2H3. The highest BCUT2D eigenvalue weighted by Crippen LogP contribution is 2.23. The maximum atomic E-state index is 12.4. The number of aryl methyl sites for hydroxylation is 1. The lowest BCUT2D eigenvalue weighted by molar-refractivity contribution is 0.680. The Morgan fingerprint density at radius 3 is 2.45 bits per heavy atom. The lowest BCUT2D eigenvalue weighted by Crippen LogP contribution is -2.12. The molecule has 0 heterocycles. The van der Waals surface area contributed by atoms with Crippen LogP contribution in [0.4, 0.5) is 5.69 Å². The zero-order valence-corrected chi connectivity index (χ0v) is 13.2. The van der Waals surface area contributed by atoms with Crippen LogP contribution >= 0.6 is 11.6 Å². The molecule has 4 heteroatoms. The van der Waals surface area contributed by atoms with Gasteiger partial charge in [0, 0.05) is 24.1 Å². The van der Waals surface area contributed by atoms with E-state index in [1.807, 2.05) is 62.5 Å². The average Bonchev–Trinajstić information content (AvgIpc) is 2.48. The third kappa shape index (κ3) is 3.62. The molecule has 2 rings (SSSR count). The van der Waals surface area contributed by atoms with E-state index in [1.54, 1.807) is 0 Å². The number of halogens is 1. The van der Waals surface area contributed by atoms with Crippen LogP contribution in [0.5, 0.6) is 0 Å². The number of hydrogen-bond acceptors (Lipinski definition) is 2. The smallest absolute Gasteiger partial charge is 0.117 e. The highest BCUT2D eigenvalue weighted by molar-refractivity contribution is 7.87. The lowest BCUT2D eigenvalue weighted by Gasteiger charge is -2.13. The number of benzene rings is 2. The van der Waals surface area contributed by atoms with Crippen LogP contribution < -0.4 is 5.32 Å². The van der Waals surface area contributed by atoms with Crippen LogP contribution in [0, 0.1) is 6.92 Å². The van der Waals surface area contributed by atoms with Gasteiger partial charge in [-0.2, -0.15) is 0 Å². The van der Waals surface area contributed by atoms with Crippen LogP contribution in [0.2, 0.25) is 0 Å². The fraction of sp³-hybridized carbons (Fsp3) is 0.250. The Morgan fingerprint density at radius 1 is 1.15 bits per heavy atom. The molecule has 2 unspecified atom stereocenters. The topological polar surface area (TPSA) is 29.1 Å². The van der Waals surface area contributed by atoms with Gasteiger partial charge in [-0.05, 0) is 30.7 Å². The van der Waals surface area contributed by atoms with Crippen molar-refractivity contribution in [1.29, 1.82) is 0 Å². The van der Waals surface area contributed by atoms with Crippen LogP contribution in [0.15, 0.2) is 53.4 Å². The molecule has 1 N–H and O–H groups in total. The predicted molar refractivity (Wildman–Crippen MR) is 86.9 cm³/mol. The molecule has 106 valence electrons. The third-order valence-corrected chi connectivity index (χ3v) is 5.16. The third-order valence-electron chi connectivity index (χ3n) is 3.15. The zero-order chi connectivity index (χ0) is 14.5. The second-order valence-electron chi connectivity index (χ2n) is 4.63. The van der Waals surface area contributed by atoms with E-state index in [9.17, 15) is 4.21 Å². The van der Waals surface area contributed by atoms with Crippen molar-refractivity contribution >= 4 is 28.1 Å². The average molecular weight is 308 g/mol. The molecule has 2 aromatic carbocycles. The van der Waals surface area contributed by atoms with Gasteiger partial charge in [0.1, 0.15) is 4.71 Å². The van der Waals surface area contributed by atoms with E-state index in [4.69, 9.17) is 11.6 Å². The molecule has 20 heavy (non-hydrogen) atoms. The largest absolute Gasteiger partial charge is 0.388 e. The van der Waals surface area contributed by atoms with E-state index < -0.39 is 15.5 Å². The first-order chi connectivity index (χ1) is 9.61. The fourth-order valence-corrected chi connectivity index (χ4v) is 3.52. The predicted octanol–water partition coefficient (Wildman–Crippen LogP) is 3.95. The van der Waals surface area contributed by atoms with Crippen LogP contribution in [-0.4, -0.2) is 16.0 Å². The molecule has 0 saturated heterocycles. The SMILES string of the molecule is CNc1ccccc1CC(Cl)S(=O)c1ccc(C)cc1. The summed E-state index contributed by atoms with van der Waals surface area (Å²) < 4.78 is 12.0. The van der Waals surface area contributed by atoms with Gasteiger partial charge in [0.05, 0.1) is 10.8 Å². The van der Waals surface area contributed by atoms with E-state index in [2.05, 4.69) is 5.32 Å². The zero-order valence-electron chi connectivity index (χ0n) is 11.6. The maximum absolute atomic E-state index is 12.4. The van der Waals surface area contributed by atoms with Crippen molar-refractivity contribution in [1.82, 2.24) is 0 Å². The molecule has 0 radical (unpaired) electrons. The van der Waals surface area contributed by atoms with Gasteiger partial charge in [-0.1, -0.05) is 35.9 Å². The second-order valence-corrected chi connectivity index (χ2v) is 7.05. The van der Waals surface area contributed by atoms with Crippen molar-refractivity contribution in [2.75, 3.05) is 12.4 Å². The Hall–Kier alpha value is -1.32. The summed E-state index contributed by atoms with van der Waals surface area (Å²) in [5.74, 6) is 0. The highest BCUT2D eigenvalue weighted by atomic mass is 35.5. The first kappa shape index (κ1) is 15.1. The molecule has 2 atom stereocenters. The molecule has 0 aliphatic rings. The Labute approximate surface area is 127 Å². The summed E-state index contributed by atoms with van der Waals surface area (Å²) in [4.78, 5) is 0.775. The van der Waals surface area contributed by atoms with Crippen LogP contribution in [-0.2, 0) is 17.2 Å². The summed E-state index contributed by atoms with van der Waals surface area (Å²) in [5, 5.41) is 3.13. The van der Waals surface area contributed by atoms with Gasteiger partial charge in [0.25, 0.3) is 0 Å². The van der Waals surface area contributed by atoms with E-state index in [1.165, 1.54) is 0 Å².